The van der Waals surface area contributed by atoms with Gasteiger partial charge in [-0.15, -0.1) is 0 Å². The lowest BCUT2D eigenvalue weighted by molar-refractivity contribution is -0.115. The summed E-state index contributed by atoms with van der Waals surface area (Å²) in [5.74, 6) is 0.0420. The summed E-state index contributed by atoms with van der Waals surface area (Å²) in [6, 6.07) is 7.80. The Kier molecular flexibility index (Phi) is 4.55. The average Bonchev–Trinajstić information content (AvgIpc) is 2.27. The zero-order valence-electron chi connectivity index (χ0n) is 11.1. The number of carbonyl (C=O) groups excluding carboxylic acids is 1. The van der Waals surface area contributed by atoms with Crippen LogP contribution in [0.1, 0.15) is 34.1 Å². The molecular weight excluding hydrogens is 212 g/mol. The summed E-state index contributed by atoms with van der Waals surface area (Å²) in [4.78, 5) is 11.2. The van der Waals surface area contributed by atoms with E-state index in [2.05, 4.69) is 31.4 Å². The number of carbonyl (C=O) groups is 1. The topological polar surface area (TPSA) is 41.1 Å². The highest BCUT2D eigenvalue weighted by Crippen LogP contribution is 2.17. The standard InChI is InChI=1S/C14H22N2O/c1-5-13(17)16-12-8-6-11(7-9-12)15-10-14(2,3)4/h6-9,15H,5,10H2,1-4H3,(H,16,17). The van der Waals surface area contributed by atoms with Gasteiger partial charge in [0.05, 0.1) is 0 Å². The van der Waals surface area contributed by atoms with Gasteiger partial charge in [0.25, 0.3) is 0 Å². The van der Waals surface area contributed by atoms with Crippen LogP contribution in [0.4, 0.5) is 11.4 Å². The Balaban J connectivity index is 2.53. The quantitative estimate of drug-likeness (QED) is 0.837. The van der Waals surface area contributed by atoms with Crippen LogP contribution in [0.2, 0.25) is 0 Å². The lowest BCUT2D eigenvalue weighted by Crippen LogP contribution is -2.18. The van der Waals surface area contributed by atoms with Crippen molar-refractivity contribution in [2.45, 2.75) is 34.1 Å². The van der Waals surface area contributed by atoms with Crippen LogP contribution in [0.5, 0.6) is 0 Å². The lowest BCUT2D eigenvalue weighted by Gasteiger charge is -2.19. The molecule has 0 unspecified atom stereocenters. The van der Waals surface area contributed by atoms with Crippen LogP contribution >= 0.6 is 0 Å². The minimum atomic E-state index is 0.0420. The van der Waals surface area contributed by atoms with Gasteiger partial charge in [-0.25, -0.2) is 0 Å². The lowest BCUT2D eigenvalue weighted by atomic mass is 9.97. The molecule has 1 amide bonds. The minimum Gasteiger partial charge on any atom is -0.385 e. The highest BCUT2D eigenvalue weighted by molar-refractivity contribution is 5.90. The van der Waals surface area contributed by atoms with Crippen molar-refractivity contribution in [2.75, 3.05) is 17.2 Å². The molecule has 3 nitrogen and oxygen atoms in total. The van der Waals surface area contributed by atoms with Crippen molar-refractivity contribution in [3.05, 3.63) is 24.3 Å². The number of benzene rings is 1. The molecule has 0 fully saturated rings. The second-order valence-electron chi connectivity index (χ2n) is 5.39. The molecule has 17 heavy (non-hydrogen) atoms. The number of nitrogens with one attached hydrogen (secondary N) is 2. The molecule has 94 valence electrons. The summed E-state index contributed by atoms with van der Waals surface area (Å²) in [7, 11) is 0. The van der Waals surface area contributed by atoms with Crippen molar-refractivity contribution >= 4 is 17.3 Å². The van der Waals surface area contributed by atoms with Gasteiger partial charge in [0, 0.05) is 24.3 Å². The fourth-order valence-corrected chi connectivity index (χ4v) is 1.29. The predicted molar refractivity (Wildman–Crippen MR) is 73.3 cm³/mol. The van der Waals surface area contributed by atoms with E-state index in [-0.39, 0.29) is 11.3 Å². The van der Waals surface area contributed by atoms with E-state index in [4.69, 9.17) is 0 Å². The normalized spacial score (nSPS) is 11.1. The van der Waals surface area contributed by atoms with Crippen molar-refractivity contribution in [3.63, 3.8) is 0 Å². The van der Waals surface area contributed by atoms with Gasteiger partial charge < -0.3 is 10.6 Å². The summed E-state index contributed by atoms with van der Waals surface area (Å²) in [6.07, 6.45) is 0.504. The number of hydrogen-bond acceptors (Lipinski definition) is 2. The number of rotatable bonds is 4. The maximum absolute atomic E-state index is 11.2. The molecule has 0 saturated heterocycles. The molecule has 1 aromatic carbocycles. The number of hydrogen-bond donors (Lipinski definition) is 2. The molecule has 3 heteroatoms. The van der Waals surface area contributed by atoms with Crippen LogP contribution in [-0.2, 0) is 4.79 Å². The van der Waals surface area contributed by atoms with Gasteiger partial charge in [-0.05, 0) is 29.7 Å². The third kappa shape index (κ3) is 5.38. The van der Waals surface area contributed by atoms with Gasteiger partial charge in [0.1, 0.15) is 0 Å². The van der Waals surface area contributed by atoms with Crippen molar-refractivity contribution in [1.82, 2.24) is 0 Å². The number of anilines is 2. The van der Waals surface area contributed by atoms with E-state index in [1.54, 1.807) is 0 Å². The maximum atomic E-state index is 11.2. The van der Waals surface area contributed by atoms with Crippen LogP contribution in [0.15, 0.2) is 24.3 Å². The van der Waals surface area contributed by atoms with Crippen LogP contribution in [0.25, 0.3) is 0 Å². The summed E-state index contributed by atoms with van der Waals surface area (Å²) in [5, 5.41) is 6.19. The van der Waals surface area contributed by atoms with E-state index in [0.29, 0.717) is 6.42 Å². The summed E-state index contributed by atoms with van der Waals surface area (Å²) >= 11 is 0. The molecule has 0 bridgehead atoms. The Morgan fingerprint density at radius 2 is 1.65 bits per heavy atom. The van der Waals surface area contributed by atoms with Gasteiger partial charge >= 0.3 is 0 Å². The third-order valence-corrected chi connectivity index (χ3v) is 2.31. The zero-order chi connectivity index (χ0) is 12.9. The van der Waals surface area contributed by atoms with Crippen molar-refractivity contribution in [1.29, 1.82) is 0 Å². The van der Waals surface area contributed by atoms with E-state index >= 15 is 0 Å². The molecule has 0 aliphatic rings. The van der Waals surface area contributed by atoms with Gasteiger partial charge in [-0.2, -0.15) is 0 Å². The largest absolute Gasteiger partial charge is 0.385 e. The summed E-state index contributed by atoms with van der Waals surface area (Å²) in [6.45, 7) is 9.34. The van der Waals surface area contributed by atoms with Crippen LogP contribution in [0, 0.1) is 5.41 Å². The monoisotopic (exact) mass is 234 g/mol. The summed E-state index contributed by atoms with van der Waals surface area (Å²) in [5.41, 5.74) is 2.18. The second kappa shape index (κ2) is 5.71. The van der Waals surface area contributed by atoms with E-state index < -0.39 is 0 Å². The third-order valence-electron chi connectivity index (χ3n) is 2.31. The van der Waals surface area contributed by atoms with Crippen LogP contribution in [0.3, 0.4) is 0 Å². The Hall–Kier alpha value is -1.51. The highest BCUT2D eigenvalue weighted by atomic mass is 16.1. The highest BCUT2D eigenvalue weighted by Gasteiger charge is 2.09. The molecule has 0 aromatic heterocycles. The molecule has 0 radical (unpaired) electrons. The molecule has 1 aromatic rings. The first kappa shape index (κ1) is 13.6. The fraction of sp³-hybridized carbons (Fsp3) is 0.500. The molecular formula is C14H22N2O. The Labute approximate surface area is 104 Å². The predicted octanol–water partition coefficient (Wildman–Crippen LogP) is 3.49. The van der Waals surface area contributed by atoms with E-state index in [0.717, 1.165) is 17.9 Å². The van der Waals surface area contributed by atoms with E-state index in [1.165, 1.54) is 0 Å². The number of amides is 1. The molecule has 0 heterocycles. The smallest absolute Gasteiger partial charge is 0.224 e. The van der Waals surface area contributed by atoms with Gasteiger partial charge in [-0.1, -0.05) is 27.7 Å². The Morgan fingerprint density at radius 1 is 1.12 bits per heavy atom. The second-order valence-corrected chi connectivity index (χ2v) is 5.39. The van der Waals surface area contributed by atoms with Gasteiger partial charge in [0.2, 0.25) is 5.91 Å². The summed E-state index contributed by atoms with van der Waals surface area (Å²) < 4.78 is 0. The molecule has 0 aliphatic heterocycles. The van der Waals surface area contributed by atoms with Crippen LogP contribution < -0.4 is 10.6 Å². The average molecular weight is 234 g/mol. The molecule has 0 saturated carbocycles. The van der Waals surface area contributed by atoms with Gasteiger partial charge in [-0.3, -0.25) is 4.79 Å². The maximum Gasteiger partial charge on any atom is 0.224 e. The Morgan fingerprint density at radius 3 is 2.12 bits per heavy atom. The molecule has 0 atom stereocenters. The molecule has 0 aliphatic carbocycles. The van der Waals surface area contributed by atoms with E-state index in [9.17, 15) is 4.79 Å². The first-order valence-electron chi connectivity index (χ1n) is 6.04. The first-order valence-corrected chi connectivity index (χ1v) is 6.04. The molecule has 1 rings (SSSR count). The van der Waals surface area contributed by atoms with E-state index in [1.807, 2.05) is 31.2 Å². The minimum absolute atomic E-state index is 0.0420. The first-order chi connectivity index (χ1) is 7.90. The van der Waals surface area contributed by atoms with Crippen molar-refractivity contribution in [3.8, 4) is 0 Å². The van der Waals surface area contributed by atoms with Crippen molar-refractivity contribution in [2.24, 2.45) is 5.41 Å². The van der Waals surface area contributed by atoms with Gasteiger partial charge in [0.15, 0.2) is 0 Å². The zero-order valence-corrected chi connectivity index (χ0v) is 11.1. The Bertz CT molecular complexity index is 363. The SMILES string of the molecule is CCC(=O)Nc1ccc(NCC(C)(C)C)cc1. The fourth-order valence-electron chi connectivity index (χ4n) is 1.29. The van der Waals surface area contributed by atoms with Crippen LogP contribution in [-0.4, -0.2) is 12.5 Å². The molecule has 2 N–H and O–H groups in total. The molecule has 0 spiro atoms. The van der Waals surface area contributed by atoms with Crippen molar-refractivity contribution < 1.29 is 4.79 Å².